The van der Waals surface area contributed by atoms with E-state index in [2.05, 4.69) is 21.2 Å². The number of phenols is 1. The molecule has 0 radical (unpaired) electrons. The topological polar surface area (TPSA) is 58.6 Å². The molecule has 0 heterocycles. The Kier molecular flexibility index (Phi) is 6.75. The first-order chi connectivity index (χ1) is 8.63. The molecule has 1 aromatic carbocycles. The summed E-state index contributed by atoms with van der Waals surface area (Å²) in [5.74, 6) is 0.112. The van der Waals surface area contributed by atoms with Gasteiger partial charge < -0.3 is 15.2 Å². The van der Waals surface area contributed by atoms with E-state index in [9.17, 15) is 9.90 Å². The highest BCUT2D eigenvalue weighted by atomic mass is 79.9. The molecule has 0 saturated carbocycles. The molecule has 0 saturated heterocycles. The lowest BCUT2D eigenvalue weighted by Crippen LogP contribution is -2.16. The normalized spacial score (nSPS) is 10.3. The molecule has 0 atom stereocenters. The molecule has 5 heteroatoms. The Morgan fingerprint density at radius 1 is 1.50 bits per heavy atom. The summed E-state index contributed by atoms with van der Waals surface area (Å²) >= 11 is 3.36. The molecule has 0 aliphatic rings. The SMILES string of the molecule is CCOC(=O)CCCNCc1cc(Br)ccc1O. The van der Waals surface area contributed by atoms with Crippen molar-refractivity contribution in [2.45, 2.75) is 26.3 Å². The van der Waals surface area contributed by atoms with Crippen LogP contribution in [0.4, 0.5) is 0 Å². The molecule has 0 fully saturated rings. The van der Waals surface area contributed by atoms with Gasteiger partial charge in [-0.05, 0) is 38.1 Å². The van der Waals surface area contributed by atoms with E-state index in [0.29, 0.717) is 26.1 Å². The summed E-state index contributed by atoms with van der Waals surface area (Å²) < 4.78 is 5.76. The largest absolute Gasteiger partial charge is 0.508 e. The number of carbonyl (C=O) groups excluding carboxylic acids is 1. The molecule has 2 N–H and O–H groups in total. The predicted molar refractivity (Wildman–Crippen MR) is 73.4 cm³/mol. The van der Waals surface area contributed by atoms with Crippen molar-refractivity contribution in [3.05, 3.63) is 28.2 Å². The zero-order valence-corrected chi connectivity index (χ0v) is 12.0. The van der Waals surface area contributed by atoms with Crippen molar-refractivity contribution in [3.8, 4) is 5.75 Å². The summed E-state index contributed by atoms with van der Waals surface area (Å²) in [5, 5.41) is 12.8. The van der Waals surface area contributed by atoms with Crippen LogP contribution in [-0.2, 0) is 16.1 Å². The standard InChI is InChI=1S/C13H18BrNO3/c1-2-18-13(17)4-3-7-15-9-10-8-11(14)5-6-12(10)16/h5-6,8,15-16H,2-4,7,9H2,1H3. The van der Waals surface area contributed by atoms with Crippen molar-refractivity contribution in [1.29, 1.82) is 0 Å². The van der Waals surface area contributed by atoms with Crippen molar-refractivity contribution >= 4 is 21.9 Å². The summed E-state index contributed by atoms with van der Waals surface area (Å²) in [7, 11) is 0. The first-order valence-electron chi connectivity index (χ1n) is 5.97. The van der Waals surface area contributed by atoms with Crippen LogP contribution in [0.25, 0.3) is 0 Å². The van der Waals surface area contributed by atoms with E-state index in [4.69, 9.17) is 4.74 Å². The smallest absolute Gasteiger partial charge is 0.305 e. The van der Waals surface area contributed by atoms with E-state index in [1.54, 1.807) is 19.1 Å². The summed E-state index contributed by atoms with van der Waals surface area (Å²) in [6, 6.07) is 5.31. The van der Waals surface area contributed by atoms with Gasteiger partial charge in [-0.1, -0.05) is 15.9 Å². The number of hydrogen-bond acceptors (Lipinski definition) is 4. The lowest BCUT2D eigenvalue weighted by Gasteiger charge is -2.07. The zero-order valence-electron chi connectivity index (χ0n) is 10.4. The Morgan fingerprint density at radius 3 is 3.00 bits per heavy atom. The second kappa shape index (κ2) is 8.11. The van der Waals surface area contributed by atoms with Crippen LogP contribution in [-0.4, -0.2) is 24.2 Å². The Labute approximate surface area is 115 Å². The van der Waals surface area contributed by atoms with Crippen molar-refractivity contribution < 1.29 is 14.6 Å². The van der Waals surface area contributed by atoms with Crippen molar-refractivity contribution in [2.24, 2.45) is 0 Å². The van der Waals surface area contributed by atoms with Crippen LogP contribution in [0.5, 0.6) is 5.75 Å². The van der Waals surface area contributed by atoms with Gasteiger partial charge in [0.15, 0.2) is 0 Å². The first-order valence-corrected chi connectivity index (χ1v) is 6.76. The molecule has 1 rings (SSSR count). The summed E-state index contributed by atoms with van der Waals surface area (Å²) in [6.45, 7) is 3.52. The number of benzene rings is 1. The number of halogens is 1. The lowest BCUT2D eigenvalue weighted by molar-refractivity contribution is -0.143. The number of hydrogen-bond donors (Lipinski definition) is 2. The minimum Gasteiger partial charge on any atom is -0.508 e. The van der Waals surface area contributed by atoms with Gasteiger partial charge in [-0.25, -0.2) is 0 Å². The van der Waals surface area contributed by atoms with E-state index in [0.717, 1.165) is 16.5 Å². The van der Waals surface area contributed by atoms with E-state index in [-0.39, 0.29) is 11.7 Å². The minimum atomic E-state index is -0.162. The minimum absolute atomic E-state index is 0.162. The van der Waals surface area contributed by atoms with Gasteiger partial charge in [0.2, 0.25) is 0 Å². The third-order valence-electron chi connectivity index (χ3n) is 2.40. The third kappa shape index (κ3) is 5.51. The van der Waals surface area contributed by atoms with Gasteiger partial charge in [0, 0.05) is 23.0 Å². The molecular weight excluding hydrogens is 298 g/mol. The van der Waals surface area contributed by atoms with Crippen LogP contribution in [0.3, 0.4) is 0 Å². The Morgan fingerprint density at radius 2 is 2.28 bits per heavy atom. The van der Waals surface area contributed by atoms with E-state index in [1.165, 1.54) is 0 Å². The predicted octanol–water partition coefficient (Wildman–Crippen LogP) is 2.59. The molecule has 0 aromatic heterocycles. The summed E-state index contributed by atoms with van der Waals surface area (Å²) in [6.07, 6.45) is 1.15. The number of phenolic OH excluding ortho intramolecular Hbond substituents is 1. The zero-order chi connectivity index (χ0) is 13.4. The van der Waals surface area contributed by atoms with Crippen LogP contribution in [0.1, 0.15) is 25.3 Å². The Bertz CT molecular complexity index is 396. The highest BCUT2D eigenvalue weighted by molar-refractivity contribution is 9.10. The van der Waals surface area contributed by atoms with Gasteiger partial charge in [-0.2, -0.15) is 0 Å². The number of rotatable bonds is 7. The van der Waals surface area contributed by atoms with Gasteiger partial charge in [0.05, 0.1) is 6.61 Å². The van der Waals surface area contributed by atoms with Gasteiger partial charge >= 0.3 is 5.97 Å². The fourth-order valence-electron chi connectivity index (χ4n) is 1.51. The van der Waals surface area contributed by atoms with Gasteiger partial charge in [-0.3, -0.25) is 4.79 Å². The maximum absolute atomic E-state index is 11.1. The van der Waals surface area contributed by atoms with Gasteiger partial charge in [0.25, 0.3) is 0 Å². The van der Waals surface area contributed by atoms with E-state index in [1.807, 2.05) is 6.07 Å². The van der Waals surface area contributed by atoms with Crippen LogP contribution in [0.2, 0.25) is 0 Å². The highest BCUT2D eigenvalue weighted by Gasteiger charge is 2.03. The fourth-order valence-corrected chi connectivity index (χ4v) is 1.92. The molecule has 0 unspecified atom stereocenters. The molecule has 0 spiro atoms. The molecule has 0 bridgehead atoms. The van der Waals surface area contributed by atoms with Crippen LogP contribution in [0, 0.1) is 0 Å². The lowest BCUT2D eigenvalue weighted by atomic mass is 10.2. The quantitative estimate of drug-likeness (QED) is 0.600. The number of ether oxygens (including phenoxy) is 1. The van der Waals surface area contributed by atoms with E-state index < -0.39 is 0 Å². The van der Waals surface area contributed by atoms with Gasteiger partial charge in [-0.15, -0.1) is 0 Å². The molecule has 1 aromatic rings. The second-order valence-electron chi connectivity index (χ2n) is 3.86. The van der Waals surface area contributed by atoms with Crippen LogP contribution < -0.4 is 5.32 Å². The average Bonchev–Trinajstić information content (AvgIpc) is 2.33. The molecule has 0 aliphatic carbocycles. The number of nitrogens with one attached hydrogen (secondary N) is 1. The third-order valence-corrected chi connectivity index (χ3v) is 2.89. The van der Waals surface area contributed by atoms with Crippen LogP contribution >= 0.6 is 15.9 Å². The average molecular weight is 316 g/mol. The molecule has 0 amide bonds. The number of carbonyl (C=O) groups is 1. The maximum atomic E-state index is 11.1. The molecule has 100 valence electrons. The molecule has 0 aliphatic heterocycles. The van der Waals surface area contributed by atoms with E-state index >= 15 is 0 Å². The van der Waals surface area contributed by atoms with Gasteiger partial charge in [0.1, 0.15) is 5.75 Å². The highest BCUT2D eigenvalue weighted by Crippen LogP contribution is 2.21. The Balaban J connectivity index is 2.21. The van der Waals surface area contributed by atoms with Crippen molar-refractivity contribution in [2.75, 3.05) is 13.2 Å². The summed E-state index contributed by atoms with van der Waals surface area (Å²) in [5.41, 5.74) is 0.834. The fraction of sp³-hybridized carbons (Fsp3) is 0.462. The van der Waals surface area contributed by atoms with Crippen molar-refractivity contribution in [1.82, 2.24) is 5.32 Å². The maximum Gasteiger partial charge on any atom is 0.305 e. The Hall–Kier alpha value is -1.07. The second-order valence-corrected chi connectivity index (χ2v) is 4.77. The van der Waals surface area contributed by atoms with Crippen molar-refractivity contribution in [3.63, 3.8) is 0 Å². The molecule has 18 heavy (non-hydrogen) atoms. The number of esters is 1. The molecule has 4 nitrogen and oxygen atoms in total. The monoisotopic (exact) mass is 315 g/mol. The first kappa shape index (κ1) is 15.0. The van der Waals surface area contributed by atoms with Crippen LogP contribution in [0.15, 0.2) is 22.7 Å². The number of aromatic hydroxyl groups is 1. The molecular formula is C13H18BrNO3. The summed E-state index contributed by atoms with van der Waals surface area (Å²) in [4.78, 5) is 11.1.